The molecule has 3 unspecified atom stereocenters. The smallest absolute Gasteiger partial charge is 0.411 e. The van der Waals surface area contributed by atoms with Crippen molar-refractivity contribution in [3.05, 3.63) is 58.7 Å². The van der Waals surface area contributed by atoms with Crippen LogP contribution in [-0.4, -0.2) is 115 Å². The number of carboxylic acids is 1. The van der Waals surface area contributed by atoms with Gasteiger partial charge in [-0.1, -0.05) is 25.1 Å². The molecule has 2 aromatic carbocycles. The number of nitrogens with one attached hydrogen (secondary N) is 2. The van der Waals surface area contributed by atoms with Gasteiger partial charge in [0.05, 0.1) is 56.0 Å². The predicted molar refractivity (Wildman–Crippen MR) is 189 cm³/mol. The number of aliphatic carboxylic acids is 1. The molecule has 3 atom stereocenters. The number of morpholine rings is 1. The number of amides is 2. The van der Waals surface area contributed by atoms with Crippen molar-refractivity contribution in [3.63, 3.8) is 0 Å². The molecule has 0 spiro atoms. The molecule has 2 aromatic rings. The van der Waals surface area contributed by atoms with Crippen molar-refractivity contribution in [3.8, 4) is 5.75 Å². The van der Waals surface area contributed by atoms with E-state index in [1.807, 2.05) is 13.8 Å². The Balaban J connectivity index is 0.00000541. The van der Waals surface area contributed by atoms with Gasteiger partial charge in [0.2, 0.25) is 6.29 Å². The van der Waals surface area contributed by atoms with Crippen LogP contribution in [0.5, 0.6) is 5.75 Å². The van der Waals surface area contributed by atoms with E-state index in [0.29, 0.717) is 36.5 Å². The molecule has 2 radical (unpaired) electrons. The predicted octanol–water partition coefficient (Wildman–Crippen LogP) is 2.57. The third-order valence-electron chi connectivity index (χ3n) is 8.81. The number of ether oxygens (including phenoxy) is 7. The fourth-order valence-corrected chi connectivity index (χ4v) is 5.75. The number of benzene rings is 2. The fourth-order valence-electron chi connectivity index (χ4n) is 5.75. The molecule has 2 saturated heterocycles. The van der Waals surface area contributed by atoms with Crippen LogP contribution in [0.25, 0.3) is 0 Å². The minimum atomic E-state index is -1.30. The summed E-state index contributed by atoms with van der Waals surface area (Å²) < 4.78 is 38.0. The molecule has 2 heterocycles. The van der Waals surface area contributed by atoms with Gasteiger partial charge in [-0.15, -0.1) is 0 Å². The van der Waals surface area contributed by atoms with Gasteiger partial charge < -0.3 is 58.3 Å². The molecule has 0 saturated carbocycles. The van der Waals surface area contributed by atoms with E-state index in [0.717, 1.165) is 13.1 Å². The molecule has 4 N–H and O–H groups in total. The van der Waals surface area contributed by atoms with E-state index in [1.165, 1.54) is 31.1 Å². The molecule has 2 amide bonds. The zero-order valence-corrected chi connectivity index (χ0v) is 36.8. The number of nitrogens with zero attached hydrogens (tertiary/aromatic N) is 1. The number of carboxylic acid groups (broad SMARTS) is 1. The van der Waals surface area contributed by atoms with Gasteiger partial charge in [0.25, 0.3) is 5.91 Å². The van der Waals surface area contributed by atoms with Crippen molar-refractivity contribution in [1.82, 2.24) is 10.2 Å². The molecule has 2 aliphatic heterocycles. The van der Waals surface area contributed by atoms with Crippen LogP contribution in [0.1, 0.15) is 67.6 Å². The fraction of sp³-hybridized carbons (Fsp3) is 0.541. The molecule has 0 bridgehead atoms. The summed E-state index contributed by atoms with van der Waals surface area (Å²) in [5.41, 5.74) is 0.554. The summed E-state index contributed by atoms with van der Waals surface area (Å²) in [4.78, 5) is 61.6. The van der Waals surface area contributed by atoms with Gasteiger partial charge in [-0.3, -0.25) is 15.0 Å². The van der Waals surface area contributed by atoms with Crippen molar-refractivity contribution >= 4 is 36.6 Å². The average Bonchev–Trinajstić information content (AvgIpc) is 3.15. The van der Waals surface area contributed by atoms with Crippen LogP contribution in [0.2, 0.25) is 0 Å². The molecule has 17 nitrogen and oxygen atoms in total. The van der Waals surface area contributed by atoms with E-state index in [-0.39, 0.29) is 123 Å². The van der Waals surface area contributed by atoms with Crippen molar-refractivity contribution in [2.24, 2.45) is 0 Å². The van der Waals surface area contributed by atoms with Crippen molar-refractivity contribution < 1.29 is 128 Å². The maximum atomic E-state index is 13.7. The molecule has 310 valence electrons. The first-order chi connectivity index (χ1) is 25.7. The van der Waals surface area contributed by atoms with Gasteiger partial charge in [-0.25, -0.2) is 9.59 Å². The summed E-state index contributed by atoms with van der Waals surface area (Å²) in [7, 11) is 0. The van der Waals surface area contributed by atoms with Gasteiger partial charge in [0, 0.05) is 105 Å². The second-order valence-corrected chi connectivity index (χ2v) is 14.0. The molecule has 19 heteroatoms. The Morgan fingerprint density at radius 1 is 0.946 bits per heavy atom. The van der Waals surface area contributed by atoms with E-state index in [9.17, 15) is 34.2 Å². The summed E-state index contributed by atoms with van der Waals surface area (Å²) in [5, 5.41) is 25.2. The second kappa shape index (κ2) is 23.6. The van der Waals surface area contributed by atoms with Crippen LogP contribution in [0.15, 0.2) is 36.4 Å². The summed E-state index contributed by atoms with van der Waals surface area (Å²) in [6.45, 7) is 13.3. The van der Waals surface area contributed by atoms with Gasteiger partial charge in [0.15, 0.2) is 6.10 Å². The summed E-state index contributed by atoms with van der Waals surface area (Å²) in [5.74, 6) is -1.77. The van der Waals surface area contributed by atoms with E-state index in [1.54, 1.807) is 18.2 Å². The van der Waals surface area contributed by atoms with E-state index in [2.05, 4.69) is 34.1 Å². The number of anilines is 1. The van der Waals surface area contributed by atoms with E-state index in [4.69, 9.17) is 28.4 Å². The largest absolute Gasteiger partial charge is 0.650 e. The third-order valence-corrected chi connectivity index (χ3v) is 8.81. The van der Waals surface area contributed by atoms with Gasteiger partial charge >= 0.3 is 12.1 Å². The van der Waals surface area contributed by atoms with Crippen LogP contribution in [-0.2, 0) is 85.0 Å². The maximum absolute atomic E-state index is 13.7. The van der Waals surface area contributed by atoms with E-state index < -0.39 is 42.1 Å². The number of hydrogen-bond donors (Lipinski definition) is 4. The van der Waals surface area contributed by atoms with Crippen LogP contribution in [0.4, 0.5) is 10.5 Å². The summed E-state index contributed by atoms with van der Waals surface area (Å²) in [6.07, 6.45) is -4.48. The minimum absolute atomic E-state index is 0. The molecule has 0 aromatic heterocycles. The molecule has 56 heavy (non-hydrogen) atoms. The molecular formula is C37H47N3O14TaTb-2. The molecular weight excluding hydrogens is 1050 g/mol. The molecule has 4 rings (SSSR count). The quantitative estimate of drug-likeness (QED) is 0.118. The summed E-state index contributed by atoms with van der Waals surface area (Å²) >= 11 is 0. The summed E-state index contributed by atoms with van der Waals surface area (Å²) in [6, 6.07) is 9.11. The monoisotopic (exact) mass is 1100 g/mol. The van der Waals surface area contributed by atoms with Gasteiger partial charge in [0.1, 0.15) is 12.4 Å². The van der Waals surface area contributed by atoms with Gasteiger partial charge in [-0.2, -0.15) is 0 Å². The Kier molecular flexibility index (Phi) is 20.8. The van der Waals surface area contributed by atoms with Crippen LogP contribution in [0.3, 0.4) is 0 Å². The Morgan fingerprint density at radius 2 is 1.61 bits per heavy atom. The number of aliphatic hydroxyl groups excluding tert-OH is 1. The van der Waals surface area contributed by atoms with Crippen molar-refractivity contribution in [2.75, 3.05) is 44.8 Å². The zero-order chi connectivity index (χ0) is 39.3. The normalized spacial score (nSPS) is 18.6. The number of carbonyl (C=O) groups excluding carboxylic acids is 4. The number of aliphatic hydroxyl groups is 1. The Morgan fingerprint density at radius 3 is 2.29 bits per heavy atom. The standard InChI is InChI=1S/C37H47N3O14.Ta.Tb/c1-36(2,40-9-11-48-12-10-40)21-52-37(3,4)20-38-33(44)28-14-25(6-8-30(28)53-32-16-27(43)15-31(54-32)34(45)46)18-51-35(47)39-29-7-5-24(17-49-22-41)13-26(29)19-50-23-42;;/h5-8,13-14,27,31-32,43H,9-12,15-21H2,1-4H3,(H,38,44)(H,39,47)(H,45,46);;/q-2;;. The van der Waals surface area contributed by atoms with Crippen LogP contribution < -0.4 is 15.4 Å². The molecule has 0 aliphatic carbocycles. The Bertz CT molecular complexity index is 1620. The second-order valence-electron chi connectivity index (χ2n) is 14.0. The van der Waals surface area contributed by atoms with Gasteiger partial charge in [-0.05, 0) is 63.1 Å². The van der Waals surface area contributed by atoms with Crippen LogP contribution >= 0.6 is 0 Å². The van der Waals surface area contributed by atoms with Crippen molar-refractivity contribution in [2.45, 2.75) is 90.0 Å². The Hall–Kier alpha value is -2.78. The maximum Gasteiger partial charge on any atom is 0.411 e. The molecule has 2 fully saturated rings. The minimum Gasteiger partial charge on any atom is -0.650 e. The number of hydrogen-bond acceptors (Lipinski definition) is 14. The third kappa shape index (κ3) is 15.5. The average molecular weight is 1100 g/mol. The van der Waals surface area contributed by atoms with Crippen LogP contribution in [0, 0.1) is 38.6 Å². The van der Waals surface area contributed by atoms with E-state index >= 15 is 0 Å². The number of carbonyl (C=O) groups is 3. The van der Waals surface area contributed by atoms with Crippen molar-refractivity contribution in [1.29, 1.82) is 0 Å². The Labute approximate surface area is 371 Å². The first kappa shape index (κ1) is 49.4. The topological polar surface area (TPSA) is 218 Å². The number of rotatable bonds is 19. The SMILES string of the molecule is CC(C)(CNC(=O)c1cc(COC(=O)Nc2ccc(CO[C-]=O)cc2CO[C-]=O)ccc1OC1CC(O)CC(C(=O)O)O1)OCC(C)(C)N1CCOCC1.[Ta].[Tb]. The first-order valence-electron chi connectivity index (χ1n) is 17.3. The first-order valence-corrected chi connectivity index (χ1v) is 17.3. The molecule has 2 aliphatic rings. The zero-order valence-electron chi connectivity index (χ0n) is 31.5.